The monoisotopic (exact) mass is 427 g/mol. The van der Waals surface area contributed by atoms with Crippen LogP contribution >= 0.6 is 24.0 Å². The molecule has 19 heavy (non-hydrogen) atoms. The van der Waals surface area contributed by atoms with Gasteiger partial charge < -0.3 is 14.6 Å². The summed E-state index contributed by atoms with van der Waals surface area (Å²) in [6.45, 7) is 3.47. The maximum absolute atomic E-state index is 11.2. The van der Waals surface area contributed by atoms with Gasteiger partial charge in [0.25, 0.3) is 0 Å². The number of rotatable bonds is 4. The van der Waals surface area contributed by atoms with Crippen LogP contribution in [0.4, 0.5) is 0 Å². The number of aliphatic imine (C=N–C) groups is 1. The molecule has 0 unspecified atom stereocenters. The van der Waals surface area contributed by atoms with E-state index in [0.717, 1.165) is 5.56 Å². The fraction of sp³-hybridized carbons (Fsp3) is 0.250. The van der Waals surface area contributed by atoms with Crippen molar-refractivity contribution in [2.75, 3.05) is 7.11 Å². The van der Waals surface area contributed by atoms with Crippen LogP contribution in [0.2, 0.25) is 0 Å². The number of hydrogen-bond acceptors (Lipinski definition) is 5. The normalized spacial score (nSPS) is 11.6. The first-order valence-electron chi connectivity index (χ1n) is 4.96. The third-order valence-corrected chi connectivity index (χ3v) is 1.94. The van der Waals surface area contributed by atoms with Crippen LogP contribution in [0.15, 0.2) is 35.3 Å². The first-order valence-corrected chi connectivity index (χ1v) is 4.96. The molecule has 1 aromatic rings. The van der Waals surface area contributed by atoms with Crippen LogP contribution in [-0.4, -0.2) is 25.2 Å². The van der Waals surface area contributed by atoms with Crippen molar-refractivity contribution < 1.29 is 38.9 Å². The predicted molar refractivity (Wildman–Crippen MR) is 75.2 cm³/mol. The van der Waals surface area contributed by atoms with E-state index >= 15 is 0 Å². The second kappa shape index (κ2) is 11.2. The van der Waals surface area contributed by atoms with Crippen LogP contribution in [0.5, 0.6) is 0 Å². The van der Waals surface area contributed by atoms with Crippen molar-refractivity contribution in [1.82, 2.24) is 0 Å². The summed E-state index contributed by atoms with van der Waals surface area (Å²) in [4.78, 5) is 14.4. The Labute approximate surface area is 142 Å². The van der Waals surface area contributed by atoms with Gasteiger partial charge in [0.1, 0.15) is 12.1 Å². The van der Waals surface area contributed by atoms with Gasteiger partial charge in [-0.05, 0) is 12.5 Å². The van der Waals surface area contributed by atoms with Crippen molar-refractivity contribution in [2.45, 2.75) is 12.6 Å². The molecule has 1 atom stereocenters. The maximum atomic E-state index is 11.2. The van der Waals surface area contributed by atoms with Gasteiger partial charge in [0.15, 0.2) is 0 Å². The fourth-order valence-corrected chi connectivity index (χ4v) is 1.07. The summed E-state index contributed by atoms with van der Waals surface area (Å²) in [6.07, 6.45) is -0.834. The average molecular weight is 429 g/mol. The molecule has 0 heterocycles. The Morgan fingerprint density at radius 2 is 2.00 bits per heavy atom. The van der Waals surface area contributed by atoms with Crippen molar-refractivity contribution in [3.05, 3.63) is 42.8 Å². The van der Waals surface area contributed by atoms with Gasteiger partial charge in [-0.15, -0.1) is 24.0 Å². The zero-order valence-electron chi connectivity index (χ0n) is 10.6. The third-order valence-electron chi connectivity index (χ3n) is 1.94. The second-order valence-corrected chi connectivity index (χ2v) is 3.21. The summed E-state index contributed by atoms with van der Waals surface area (Å²) < 4.78 is 9.21. The van der Waals surface area contributed by atoms with E-state index in [4.69, 9.17) is 4.74 Å². The summed E-state index contributed by atoms with van der Waals surface area (Å²) in [5.41, 5.74) is 0.842. The van der Waals surface area contributed by atoms with Gasteiger partial charge in [-0.2, -0.15) is 0 Å². The molecule has 1 rings (SSSR count). The molecule has 5 nitrogen and oxygen atoms in total. The molecule has 0 aromatic heterocycles. The fourth-order valence-electron chi connectivity index (χ4n) is 1.07. The minimum atomic E-state index is -1.09. The van der Waals surface area contributed by atoms with Crippen LogP contribution < -0.4 is 5.11 Å². The molecule has 0 spiro atoms. The van der Waals surface area contributed by atoms with E-state index in [2.05, 4.69) is 16.7 Å². The molecule has 7 heteroatoms. The van der Waals surface area contributed by atoms with Crippen LogP contribution in [-0.2, 0) is 40.4 Å². The Hall–Kier alpha value is -0.687. The molecule has 0 bridgehead atoms. The molecule has 101 valence electrons. The molecule has 0 aliphatic heterocycles. The molecule has 0 saturated heterocycles. The van der Waals surface area contributed by atoms with Gasteiger partial charge in [-0.25, -0.2) is 4.79 Å². The smallest absolute Gasteiger partial charge is 0.330 e. The van der Waals surface area contributed by atoms with Gasteiger partial charge in [-0.1, -0.05) is 30.3 Å². The van der Waals surface area contributed by atoms with Gasteiger partial charge in [0.2, 0.25) is 0 Å². The SMILES string of the molecule is I.[CH2][C@H](N=C([O-])OCc1ccccc1)C(=O)OC.[Zn]. The number of esters is 1. The molecular weight excluding hydrogens is 414 g/mol. The van der Waals surface area contributed by atoms with Crippen molar-refractivity contribution in [2.24, 2.45) is 4.99 Å². The van der Waals surface area contributed by atoms with Crippen molar-refractivity contribution in [1.29, 1.82) is 0 Å². The first-order chi connectivity index (χ1) is 8.13. The van der Waals surface area contributed by atoms with E-state index in [0.29, 0.717) is 0 Å². The molecule has 0 amide bonds. The molecular formula is C12H14INO4Zn-. The minimum absolute atomic E-state index is 0. The Morgan fingerprint density at radius 3 is 2.53 bits per heavy atom. The summed E-state index contributed by atoms with van der Waals surface area (Å²) in [5, 5.41) is 11.2. The predicted octanol–water partition coefficient (Wildman–Crippen LogP) is 0.911. The first kappa shape index (κ1) is 20.6. The van der Waals surface area contributed by atoms with Gasteiger partial charge in [-0.3, -0.25) is 4.99 Å². The van der Waals surface area contributed by atoms with Crippen LogP contribution in [0, 0.1) is 6.92 Å². The zero-order chi connectivity index (χ0) is 12.7. The summed E-state index contributed by atoms with van der Waals surface area (Å²) >= 11 is 0. The molecule has 0 fully saturated rings. The topological polar surface area (TPSA) is 71.0 Å². The van der Waals surface area contributed by atoms with Crippen molar-refractivity contribution in [3.8, 4) is 0 Å². The number of ether oxygens (including phenoxy) is 2. The molecule has 1 radical (unpaired) electrons. The summed E-state index contributed by atoms with van der Waals surface area (Å²) in [6, 6.07) is 8.06. The van der Waals surface area contributed by atoms with Crippen molar-refractivity contribution in [3.63, 3.8) is 0 Å². The Bertz CT molecular complexity index is 400. The summed E-state index contributed by atoms with van der Waals surface area (Å²) in [7, 11) is 1.20. The number of nitrogens with zero attached hydrogens (tertiary/aromatic N) is 1. The second-order valence-electron chi connectivity index (χ2n) is 3.21. The Morgan fingerprint density at radius 1 is 1.42 bits per heavy atom. The standard InChI is InChI=1S/C12H14NO4.HI.Zn/c1-9(11(14)16-2)13-12(15)17-8-10-6-4-3-5-7-10;;/h3-7,9H,1,8H2,2H3,(H,13,15);1H;/p-1/t9-;;/m0../s1. The molecule has 0 aliphatic rings. The van der Waals surface area contributed by atoms with Crippen LogP contribution in [0.3, 0.4) is 0 Å². The molecule has 0 aliphatic carbocycles. The Balaban J connectivity index is 0. The quantitative estimate of drug-likeness (QED) is 0.235. The number of carbonyl (C=O) groups excluding carboxylic acids is 1. The van der Waals surface area contributed by atoms with Gasteiger partial charge in [0, 0.05) is 26.1 Å². The minimum Gasteiger partial charge on any atom is -0.596 e. The maximum Gasteiger partial charge on any atom is 0.330 e. The number of carbonyl (C=O) groups is 1. The zero-order valence-corrected chi connectivity index (χ0v) is 15.9. The number of methoxy groups -OCH3 is 1. The Kier molecular flexibility index (Phi) is 12.1. The molecule has 0 saturated carbocycles. The number of halogens is 1. The largest absolute Gasteiger partial charge is 0.596 e. The van der Waals surface area contributed by atoms with Crippen molar-refractivity contribution >= 4 is 36.0 Å². The van der Waals surface area contributed by atoms with E-state index in [9.17, 15) is 9.90 Å². The number of benzene rings is 1. The number of hydrogen-bond donors (Lipinski definition) is 0. The molecule has 0 N–H and O–H groups in total. The van der Waals surface area contributed by atoms with E-state index in [1.165, 1.54) is 7.11 Å². The third kappa shape index (κ3) is 8.15. The van der Waals surface area contributed by atoms with E-state index in [-0.39, 0.29) is 50.1 Å². The van der Waals surface area contributed by atoms with E-state index in [1.807, 2.05) is 30.3 Å². The van der Waals surface area contributed by atoms with Gasteiger partial charge in [0.05, 0.1) is 7.11 Å². The molecule has 1 aromatic carbocycles. The van der Waals surface area contributed by atoms with Gasteiger partial charge >= 0.3 is 5.97 Å². The van der Waals surface area contributed by atoms with E-state index < -0.39 is 18.1 Å². The average Bonchev–Trinajstić information content (AvgIpc) is 2.36. The van der Waals surface area contributed by atoms with Crippen LogP contribution in [0.25, 0.3) is 0 Å². The van der Waals surface area contributed by atoms with Crippen LogP contribution in [0.1, 0.15) is 5.56 Å². The van der Waals surface area contributed by atoms with E-state index in [1.54, 1.807) is 0 Å². The summed E-state index contributed by atoms with van der Waals surface area (Å²) in [5.74, 6) is -0.679.